The van der Waals surface area contributed by atoms with Gasteiger partial charge in [-0.3, -0.25) is 17.6 Å². The third kappa shape index (κ3) is 10.8. The molecule has 0 atom stereocenters. The summed E-state index contributed by atoms with van der Waals surface area (Å²) < 4.78 is 25.4. The Labute approximate surface area is 459 Å². The van der Waals surface area contributed by atoms with Crippen molar-refractivity contribution >= 4 is 23.1 Å². The fourth-order valence-electron chi connectivity index (χ4n) is 10.6. The van der Waals surface area contributed by atoms with Gasteiger partial charge in [0.1, 0.15) is 51.0 Å². The van der Waals surface area contributed by atoms with Crippen LogP contribution >= 0.6 is 0 Å². The maximum Gasteiger partial charge on any atom is 0.230 e. The Balaban J connectivity index is 0.000000127. The molecule has 12 aromatic rings. The van der Waals surface area contributed by atoms with E-state index in [1.54, 1.807) is 0 Å². The van der Waals surface area contributed by atoms with E-state index in [4.69, 9.17) is 0 Å². The zero-order valence-electron chi connectivity index (χ0n) is 49.2. The molecule has 0 N–H and O–H groups in total. The summed E-state index contributed by atoms with van der Waals surface area (Å²) >= 11 is 0. The Morgan fingerprint density at radius 2 is 0.808 bits per heavy atom. The minimum absolute atomic E-state index is 0.306. The summed E-state index contributed by atoms with van der Waals surface area (Å²) in [6, 6.07) is 13.4. The van der Waals surface area contributed by atoms with Crippen molar-refractivity contribution in [2.24, 2.45) is 61.8 Å². The predicted molar refractivity (Wildman–Crippen MR) is 309 cm³/mol. The number of hydrogen-bond acceptors (Lipinski definition) is 4. The lowest BCUT2D eigenvalue weighted by Crippen LogP contribution is -2.32. The maximum absolute atomic E-state index is 4.39. The molecule has 0 saturated carbocycles. The van der Waals surface area contributed by atoms with Gasteiger partial charge in [0.2, 0.25) is 45.9 Å². The van der Waals surface area contributed by atoms with Gasteiger partial charge in [-0.15, -0.1) is 0 Å². The monoisotopic (exact) mass is 1050 g/mol. The number of pyridine rings is 4. The van der Waals surface area contributed by atoms with Crippen LogP contribution in [-0.2, 0) is 62.8 Å². The van der Waals surface area contributed by atoms with Crippen molar-refractivity contribution in [1.29, 1.82) is 0 Å². The lowest BCUT2D eigenvalue weighted by Gasteiger charge is -2.17. The fraction of sp³-hybridized carbons (Fsp3) is 0.355. The van der Waals surface area contributed by atoms with Gasteiger partial charge in [0.05, 0.1) is 0 Å². The molecule has 0 spiro atoms. The summed E-state index contributed by atoms with van der Waals surface area (Å²) in [5, 5.41) is 0. The highest BCUT2D eigenvalue weighted by Crippen LogP contribution is 2.27. The van der Waals surface area contributed by atoms with Crippen molar-refractivity contribution in [3.8, 4) is 45.6 Å². The van der Waals surface area contributed by atoms with Crippen LogP contribution in [-0.4, -0.2) is 55.8 Å². The third-order valence-corrected chi connectivity index (χ3v) is 15.0. The summed E-state index contributed by atoms with van der Waals surface area (Å²) in [5.74, 6) is 4.92. The smallest absolute Gasteiger partial charge is 0.230 e. The average molecular weight is 1050 g/mol. The number of fused-ring (bicyclic) bond motifs is 4. The van der Waals surface area contributed by atoms with Gasteiger partial charge in [0.25, 0.3) is 0 Å². The van der Waals surface area contributed by atoms with Crippen molar-refractivity contribution in [2.45, 2.75) is 87.5 Å². The number of aromatic nitrogens is 16. The Bertz CT molecular complexity index is 4090. The van der Waals surface area contributed by atoms with Crippen LogP contribution < -0.4 is 18.3 Å². The van der Waals surface area contributed by atoms with Crippen LogP contribution in [0.4, 0.5) is 0 Å². The first kappa shape index (κ1) is 54.4. The second-order valence-corrected chi connectivity index (χ2v) is 22.9. The number of hydrogen-bond donors (Lipinski definition) is 0. The molecule has 0 aromatic carbocycles. The van der Waals surface area contributed by atoms with Gasteiger partial charge in [-0.25, -0.2) is 19.9 Å². The maximum atomic E-state index is 4.39. The van der Waals surface area contributed by atoms with E-state index in [2.05, 4.69) is 263 Å². The average Bonchev–Trinajstić information content (AvgIpc) is 4.34. The van der Waals surface area contributed by atoms with Crippen LogP contribution in [0, 0.1) is 26.2 Å². The molecule has 0 radical (unpaired) electrons. The SMILES string of the molecule is CC(C)c1ccc(-c2cn3ccnc3n2C)[n+](C)c1.Cc1c[n+](C)c(-c2cn3ccnc3n2C)cc1C(C)C.Cc1cc(-c2cn3ccnc3n2C)[n+](C)cc1C.Cn1c(-c2ccc(CC(C)(C)C)c[n+]2C)cn2ccnc12. The normalized spacial score (nSPS) is 11.7. The van der Waals surface area contributed by atoms with Crippen LogP contribution in [0.15, 0.2) is 136 Å². The van der Waals surface area contributed by atoms with Gasteiger partial charge in [-0.2, -0.15) is 18.3 Å². The molecule has 0 aliphatic carbocycles. The highest BCUT2D eigenvalue weighted by atomic mass is 15.2. The molecule has 0 fully saturated rings. The topological polar surface area (TPSA) is 104 Å². The lowest BCUT2D eigenvalue weighted by atomic mass is 9.89. The van der Waals surface area contributed by atoms with Gasteiger partial charge < -0.3 is 18.3 Å². The summed E-state index contributed by atoms with van der Waals surface area (Å²) in [7, 11) is 16.6. The standard InChI is InChI=1S/C17H23N4.C16H21N4.C15H19N4.C14H17N4/c1-17(2,3)10-13-6-7-14(19(4)11-13)15-12-21-9-8-18-16(21)20(15)5;1-11(2)13-8-14(18(4)9-12(13)3)15-10-20-7-6-17-16(20)19(15)5;1-11(2)12-5-6-13(17(3)9-12)14-10-19-8-7-16-15(19)18(14)4;1-10-7-12(16(3)8-11(10)2)13-9-18-6-5-15-14(18)17(13)4/h6-9,11-12H,10H2,1-5H3;6-11H,1-5H3;5-11H,1-4H3;5-9H,1-4H3/q4*+1. The Hall–Kier alpha value is -8.40. The molecule has 78 heavy (non-hydrogen) atoms. The molecular formula is C62H80N16+4. The molecule has 12 aromatic heterocycles. The zero-order chi connectivity index (χ0) is 56.1. The summed E-state index contributed by atoms with van der Waals surface area (Å²) in [6.07, 6.45) is 33.6. The van der Waals surface area contributed by atoms with E-state index in [0.29, 0.717) is 17.3 Å². The van der Waals surface area contributed by atoms with Crippen LogP contribution in [0.5, 0.6) is 0 Å². The number of imidazole rings is 8. The Morgan fingerprint density at radius 1 is 0.436 bits per heavy atom. The molecule has 0 saturated heterocycles. The second kappa shape index (κ2) is 21.6. The lowest BCUT2D eigenvalue weighted by molar-refractivity contribution is -0.661. The Kier molecular flexibility index (Phi) is 15.0. The van der Waals surface area contributed by atoms with Crippen molar-refractivity contribution in [3.63, 3.8) is 0 Å². The summed E-state index contributed by atoms with van der Waals surface area (Å²) in [6.45, 7) is 22.2. The van der Waals surface area contributed by atoms with Crippen LogP contribution in [0.2, 0.25) is 0 Å². The first-order chi connectivity index (χ1) is 37.0. The van der Waals surface area contributed by atoms with E-state index in [0.717, 1.165) is 29.5 Å². The van der Waals surface area contributed by atoms with Gasteiger partial charge in [0, 0.05) is 149 Å². The van der Waals surface area contributed by atoms with E-state index in [1.165, 1.54) is 78.9 Å². The number of aryl methyl sites for hydroxylation is 11. The van der Waals surface area contributed by atoms with E-state index in [-0.39, 0.29) is 0 Å². The quantitative estimate of drug-likeness (QED) is 0.149. The van der Waals surface area contributed by atoms with E-state index in [1.807, 2.05) is 72.5 Å². The minimum Gasteiger partial charge on any atom is -0.308 e. The van der Waals surface area contributed by atoms with Crippen molar-refractivity contribution in [1.82, 2.24) is 55.8 Å². The molecule has 0 amide bonds. The molecular weight excluding hydrogens is 969 g/mol. The molecule has 404 valence electrons. The molecule has 0 aliphatic heterocycles. The minimum atomic E-state index is 0.306. The number of nitrogens with zero attached hydrogens (tertiary/aromatic N) is 16. The molecule has 16 heteroatoms. The van der Waals surface area contributed by atoms with Crippen molar-refractivity contribution < 1.29 is 18.3 Å². The van der Waals surface area contributed by atoms with Crippen molar-refractivity contribution in [3.05, 3.63) is 169 Å². The van der Waals surface area contributed by atoms with Gasteiger partial charge >= 0.3 is 0 Å². The highest BCUT2D eigenvalue weighted by molar-refractivity contribution is 5.60. The Morgan fingerprint density at radius 3 is 1.18 bits per heavy atom. The molecule has 12 heterocycles. The second-order valence-electron chi connectivity index (χ2n) is 22.9. The summed E-state index contributed by atoms with van der Waals surface area (Å²) in [5.41, 5.74) is 17.9. The van der Waals surface area contributed by atoms with Crippen LogP contribution in [0.25, 0.3) is 68.7 Å². The van der Waals surface area contributed by atoms with E-state index >= 15 is 0 Å². The van der Waals surface area contributed by atoms with Crippen LogP contribution in [0.3, 0.4) is 0 Å². The highest BCUT2D eigenvalue weighted by Gasteiger charge is 2.23. The predicted octanol–water partition coefficient (Wildman–Crippen LogP) is 9.42. The largest absolute Gasteiger partial charge is 0.308 e. The van der Waals surface area contributed by atoms with Crippen molar-refractivity contribution in [2.75, 3.05) is 0 Å². The van der Waals surface area contributed by atoms with Gasteiger partial charge in [-0.05, 0) is 67.7 Å². The van der Waals surface area contributed by atoms with Crippen LogP contribution in [0.1, 0.15) is 93.7 Å². The number of rotatable bonds is 7. The first-order valence-electron chi connectivity index (χ1n) is 26.9. The van der Waals surface area contributed by atoms with Gasteiger partial charge in [0.15, 0.2) is 24.8 Å². The molecule has 16 nitrogen and oxygen atoms in total. The summed E-state index contributed by atoms with van der Waals surface area (Å²) in [4.78, 5) is 17.5. The molecule has 0 bridgehead atoms. The molecule has 0 aliphatic rings. The van der Waals surface area contributed by atoms with E-state index < -0.39 is 0 Å². The first-order valence-corrected chi connectivity index (χ1v) is 26.9. The third-order valence-electron chi connectivity index (χ3n) is 15.0. The van der Waals surface area contributed by atoms with Gasteiger partial charge in [-0.1, -0.05) is 48.5 Å². The fourth-order valence-corrected chi connectivity index (χ4v) is 10.6. The molecule has 0 unspecified atom stereocenters. The zero-order valence-corrected chi connectivity index (χ0v) is 49.2. The molecule has 12 rings (SSSR count). The van der Waals surface area contributed by atoms with E-state index in [9.17, 15) is 0 Å².